The third-order valence-corrected chi connectivity index (χ3v) is 3.77. The first-order chi connectivity index (χ1) is 10.7. The van der Waals surface area contributed by atoms with Gasteiger partial charge in [0.25, 0.3) is 0 Å². The number of anilines is 1. The van der Waals surface area contributed by atoms with E-state index >= 15 is 0 Å². The monoisotopic (exact) mass is 377 g/mol. The molecule has 0 aliphatic carbocycles. The molecular weight excluding hydrogens is 366 g/mol. The van der Waals surface area contributed by atoms with Crippen LogP contribution in [-0.4, -0.2) is 18.1 Å². The van der Waals surface area contributed by atoms with Crippen molar-refractivity contribution in [3.05, 3.63) is 52.5 Å². The number of thiocarbonyl (C=S) groups is 1. The second-order valence-electron chi connectivity index (χ2n) is 4.42. The van der Waals surface area contributed by atoms with Gasteiger partial charge < -0.3 is 14.8 Å². The lowest BCUT2D eigenvalue weighted by Crippen LogP contribution is -2.23. The van der Waals surface area contributed by atoms with E-state index in [0.29, 0.717) is 10.9 Å². The van der Waals surface area contributed by atoms with Gasteiger partial charge in [0.1, 0.15) is 0 Å². The van der Waals surface area contributed by atoms with E-state index in [4.69, 9.17) is 21.7 Å². The van der Waals surface area contributed by atoms with Crippen LogP contribution in [0.3, 0.4) is 0 Å². The molecule has 2 aromatic carbocycles. The summed E-state index contributed by atoms with van der Waals surface area (Å²) in [6.45, 7) is 0.242. The third-order valence-electron chi connectivity index (χ3n) is 2.89. The summed E-state index contributed by atoms with van der Waals surface area (Å²) in [5, 5.41) is 7.57. The molecule has 0 unspecified atom stereocenters. The van der Waals surface area contributed by atoms with E-state index in [0.717, 1.165) is 21.5 Å². The summed E-state index contributed by atoms with van der Waals surface area (Å²) in [6.07, 6.45) is 1.66. The van der Waals surface area contributed by atoms with Gasteiger partial charge in [-0.2, -0.15) is 5.10 Å². The first-order valence-electron chi connectivity index (χ1n) is 6.46. The number of nitrogens with zero attached hydrogens (tertiary/aromatic N) is 1. The van der Waals surface area contributed by atoms with Crippen molar-refractivity contribution in [2.45, 2.75) is 0 Å². The van der Waals surface area contributed by atoms with Gasteiger partial charge >= 0.3 is 0 Å². The van der Waals surface area contributed by atoms with Crippen molar-refractivity contribution >= 4 is 45.2 Å². The van der Waals surface area contributed by atoms with E-state index in [-0.39, 0.29) is 6.79 Å². The van der Waals surface area contributed by atoms with Gasteiger partial charge in [-0.15, -0.1) is 0 Å². The molecule has 1 aliphatic rings. The van der Waals surface area contributed by atoms with E-state index in [1.54, 1.807) is 6.21 Å². The molecule has 2 N–H and O–H groups in total. The van der Waals surface area contributed by atoms with Crippen molar-refractivity contribution < 1.29 is 9.47 Å². The first kappa shape index (κ1) is 14.8. The number of hydrazone groups is 1. The van der Waals surface area contributed by atoms with Crippen LogP contribution in [0.15, 0.2) is 52.0 Å². The molecule has 7 heteroatoms. The Labute approximate surface area is 141 Å². The van der Waals surface area contributed by atoms with Crippen LogP contribution in [-0.2, 0) is 0 Å². The van der Waals surface area contributed by atoms with Gasteiger partial charge in [-0.3, -0.25) is 5.43 Å². The second-order valence-corrected chi connectivity index (χ2v) is 5.68. The molecule has 112 valence electrons. The normalized spacial score (nSPS) is 12.4. The van der Waals surface area contributed by atoms with Gasteiger partial charge in [-0.1, -0.05) is 18.2 Å². The SMILES string of the molecule is S=C(NN=Cc1cc2c(cc1Br)OCO2)Nc1ccccc1. The average molecular weight is 378 g/mol. The quantitative estimate of drug-likeness (QED) is 0.487. The number of rotatable bonds is 3. The number of benzene rings is 2. The number of ether oxygens (including phenoxy) is 2. The molecule has 0 atom stereocenters. The van der Waals surface area contributed by atoms with Crippen LogP contribution in [0.4, 0.5) is 5.69 Å². The van der Waals surface area contributed by atoms with Crippen molar-refractivity contribution in [3.8, 4) is 11.5 Å². The van der Waals surface area contributed by atoms with Crippen LogP contribution in [0.25, 0.3) is 0 Å². The molecule has 2 aromatic rings. The predicted molar refractivity (Wildman–Crippen MR) is 93.7 cm³/mol. The molecule has 0 spiro atoms. The summed E-state index contributed by atoms with van der Waals surface area (Å²) in [7, 11) is 0. The van der Waals surface area contributed by atoms with E-state index < -0.39 is 0 Å². The van der Waals surface area contributed by atoms with Crippen molar-refractivity contribution in [2.75, 3.05) is 12.1 Å². The van der Waals surface area contributed by atoms with Gasteiger partial charge in [-0.05, 0) is 52.4 Å². The lowest BCUT2D eigenvalue weighted by Gasteiger charge is -2.06. The molecule has 5 nitrogen and oxygen atoms in total. The van der Waals surface area contributed by atoms with Gasteiger partial charge in [0, 0.05) is 15.7 Å². The van der Waals surface area contributed by atoms with E-state index in [1.807, 2.05) is 42.5 Å². The van der Waals surface area contributed by atoms with Crippen LogP contribution in [0.1, 0.15) is 5.56 Å². The number of hydrogen-bond donors (Lipinski definition) is 2. The topological polar surface area (TPSA) is 54.9 Å². The summed E-state index contributed by atoms with van der Waals surface area (Å²) >= 11 is 8.64. The molecule has 0 saturated heterocycles. The Kier molecular flexibility index (Phi) is 4.55. The van der Waals surface area contributed by atoms with Crippen LogP contribution in [0.2, 0.25) is 0 Å². The Hall–Kier alpha value is -2.12. The number of fused-ring (bicyclic) bond motifs is 1. The van der Waals surface area contributed by atoms with Crippen LogP contribution in [0.5, 0.6) is 11.5 Å². The van der Waals surface area contributed by atoms with E-state index in [9.17, 15) is 0 Å². The Morgan fingerprint density at radius 1 is 1.18 bits per heavy atom. The number of nitrogens with one attached hydrogen (secondary N) is 2. The fourth-order valence-electron chi connectivity index (χ4n) is 1.87. The summed E-state index contributed by atoms with van der Waals surface area (Å²) < 4.78 is 11.5. The van der Waals surface area contributed by atoms with Crippen LogP contribution in [0, 0.1) is 0 Å². The second kappa shape index (κ2) is 6.76. The van der Waals surface area contributed by atoms with Crippen LogP contribution < -0.4 is 20.2 Å². The van der Waals surface area contributed by atoms with Gasteiger partial charge in [0.2, 0.25) is 6.79 Å². The van der Waals surface area contributed by atoms with Gasteiger partial charge in [0.15, 0.2) is 16.6 Å². The molecule has 0 aromatic heterocycles. The fraction of sp³-hybridized carbons (Fsp3) is 0.0667. The molecule has 22 heavy (non-hydrogen) atoms. The maximum Gasteiger partial charge on any atom is 0.231 e. The van der Waals surface area contributed by atoms with Crippen molar-refractivity contribution in [3.63, 3.8) is 0 Å². The predicted octanol–water partition coefficient (Wildman–Crippen LogP) is 3.50. The number of halogens is 1. The summed E-state index contributed by atoms with van der Waals surface area (Å²) in [5.41, 5.74) is 4.53. The Morgan fingerprint density at radius 2 is 1.91 bits per heavy atom. The molecule has 0 radical (unpaired) electrons. The number of hydrogen-bond acceptors (Lipinski definition) is 4. The van der Waals surface area contributed by atoms with Crippen molar-refractivity contribution in [1.29, 1.82) is 0 Å². The third kappa shape index (κ3) is 3.55. The maximum absolute atomic E-state index is 5.34. The smallest absolute Gasteiger partial charge is 0.231 e. The summed E-state index contributed by atoms with van der Waals surface area (Å²) in [6, 6.07) is 13.3. The van der Waals surface area contributed by atoms with E-state index in [2.05, 4.69) is 31.8 Å². The zero-order valence-corrected chi connectivity index (χ0v) is 13.8. The van der Waals surface area contributed by atoms with Crippen LogP contribution >= 0.6 is 28.1 Å². The van der Waals surface area contributed by atoms with Crippen molar-refractivity contribution in [1.82, 2.24) is 5.43 Å². The lowest BCUT2D eigenvalue weighted by atomic mass is 10.2. The Morgan fingerprint density at radius 3 is 2.68 bits per heavy atom. The van der Waals surface area contributed by atoms with Crippen molar-refractivity contribution in [2.24, 2.45) is 5.10 Å². The molecule has 0 amide bonds. The lowest BCUT2D eigenvalue weighted by molar-refractivity contribution is 0.174. The Bertz CT molecular complexity index is 722. The zero-order chi connectivity index (χ0) is 15.4. The molecule has 0 bridgehead atoms. The molecule has 3 rings (SSSR count). The minimum Gasteiger partial charge on any atom is -0.454 e. The highest BCUT2D eigenvalue weighted by molar-refractivity contribution is 9.10. The molecule has 1 heterocycles. The Balaban J connectivity index is 1.61. The highest BCUT2D eigenvalue weighted by Gasteiger charge is 2.15. The standard InChI is InChI=1S/C15H12BrN3O2S/c16-12-7-14-13(20-9-21-14)6-10(12)8-17-19-15(22)18-11-4-2-1-3-5-11/h1-8H,9H2,(H2,18,19,22). The fourth-order valence-corrected chi connectivity index (χ4v) is 2.47. The maximum atomic E-state index is 5.34. The highest BCUT2D eigenvalue weighted by Crippen LogP contribution is 2.36. The molecule has 0 saturated carbocycles. The van der Waals surface area contributed by atoms with E-state index in [1.165, 1.54) is 0 Å². The minimum absolute atomic E-state index is 0.242. The number of para-hydroxylation sites is 1. The highest BCUT2D eigenvalue weighted by atomic mass is 79.9. The van der Waals surface area contributed by atoms with Gasteiger partial charge in [-0.25, -0.2) is 0 Å². The summed E-state index contributed by atoms with van der Waals surface area (Å²) in [4.78, 5) is 0. The molecular formula is C15H12BrN3O2S. The molecule has 1 aliphatic heterocycles. The average Bonchev–Trinajstić information content (AvgIpc) is 2.95. The molecule has 0 fully saturated rings. The largest absolute Gasteiger partial charge is 0.454 e. The summed E-state index contributed by atoms with van der Waals surface area (Å²) in [5.74, 6) is 1.42. The minimum atomic E-state index is 0.242. The zero-order valence-electron chi connectivity index (χ0n) is 11.4. The van der Waals surface area contributed by atoms with Gasteiger partial charge in [0.05, 0.1) is 6.21 Å². The first-order valence-corrected chi connectivity index (χ1v) is 7.67.